The molecule has 0 unspecified atom stereocenters. The van der Waals surface area contributed by atoms with Crippen LogP contribution < -0.4 is 15.9 Å². The van der Waals surface area contributed by atoms with Crippen LogP contribution in [0.4, 0.5) is 0 Å². The van der Waals surface area contributed by atoms with E-state index >= 15 is 0 Å². The van der Waals surface area contributed by atoms with Gasteiger partial charge in [-0.15, -0.1) is 0 Å². The third kappa shape index (κ3) is 8.06. The van der Waals surface area contributed by atoms with Gasteiger partial charge in [-0.25, -0.2) is 0 Å². The summed E-state index contributed by atoms with van der Waals surface area (Å²) in [5.74, 6) is -2.75. The second kappa shape index (κ2) is 6.84. The Bertz CT molecular complexity index is 149. The Balaban J connectivity index is 0. The minimum atomic E-state index is -1.44. The van der Waals surface area contributed by atoms with E-state index in [0.717, 1.165) is 0 Å². The zero-order valence-electron chi connectivity index (χ0n) is 5.91. The molecule has 5 nitrogen and oxygen atoms in total. The van der Waals surface area contributed by atoms with Crippen molar-refractivity contribution < 1.29 is 19.8 Å². The predicted octanol–water partition coefficient (Wildman–Crippen LogP) is -3.79. The number of hydrogen-bond acceptors (Lipinski definition) is 5. The largest absolute Gasteiger partial charge is 2.00 e. The molecule has 0 aliphatic rings. The predicted molar refractivity (Wildman–Crippen MR) is 33.0 cm³/mol. The van der Waals surface area contributed by atoms with Crippen molar-refractivity contribution in [2.24, 2.45) is 5.73 Å². The summed E-state index contributed by atoms with van der Waals surface area (Å²) in [5, 5.41) is 19.6. The van der Waals surface area contributed by atoms with E-state index in [1.807, 2.05) is 0 Å². The number of carboxylic acid groups (broad SMARTS) is 2. The van der Waals surface area contributed by atoms with Crippen LogP contribution in [0.2, 0.25) is 0 Å². The summed E-state index contributed by atoms with van der Waals surface area (Å²) < 4.78 is 0. The number of rotatable bonds is 4. The molecule has 0 radical (unpaired) electrons. The summed E-state index contributed by atoms with van der Waals surface area (Å²) in [6, 6.07) is -1.21. The molecule has 0 spiro atoms. The Morgan fingerprint density at radius 3 is 2.09 bits per heavy atom. The van der Waals surface area contributed by atoms with Gasteiger partial charge >= 0.3 is 37.7 Å². The second-order valence-corrected chi connectivity index (χ2v) is 1.84. The van der Waals surface area contributed by atoms with Crippen molar-refractivity contribution in [3.05, 3.63) is 0 Å². The Morgan fingerprint density at radius 2 is 1.82 bits per heavy atom. The minimum Gasteiger partial charge on any atom is -0.550 e. The standard InChI is InChI=1S/C5H9NO4.Ca/c6-3(5(9)10)1-2-4(7)8;/h3H,1-2,6H2,(H,7,8)(H,9,10);/q;+2/p-2/t3-;/m1./s1. The quantitative estimate of drug-likeness (QED) is 0.452. The summed E-state index contributed by atoms with van der Waals surface area (Å²) in [6.07, 6.45) is -0.500. The second-order valence-electron chi connectivity index (χ2n) is 1.84. The van der Waals surface area contributed by atoms with E-state index in [-0.39, 0.29) is 50.6 Å². The number of carboxylic acids is 2. The van der Waals surface area contributed by atoms with Crippen LogP contribution in [0.15, 0.2) is 0 Å². The molecule has 0 rings (SSSR count). The molecule has 1 atom stereocenters. The molecular formula is C5H7CaNO4. The third-order valence-corrected chi connectivity index (χ3v) is 0.962. The van der Waals surface area contributed by atoms with Gasteiger partial charge < -0.3 is 25.5 Å². The SMILES string of the molecule is N[C@H](CCC(=O)[O-])C(=O)[O-].[Ca+2]. The van der Waals surface area contributed by atoms with Crippen LogP contribution in [-0.4, -0.2) is 55.7 Å². The number of carbonyl (C=O) groups excluding carboxylic acids is 2. The molecule has 0 heterocycles. The monoisotopic (exact) mass is 185 g/mol. The van der Waals surface area contributed by atoms with Crippen LogP contribution in [0.1, 0.15) is 12.8 Å². The van der Waals surface area contributed by atoms with Gasteiger partial charge in [0.2, 0.25) is 0 Å². The first-order valence-corrected chi connectivity index (χ1v) is 2.70. The van der Waals surface area contributed by atoms with Crippen molar-refractivity contribution in [2.75, 3.05) is 0 Å². The Labute approximate surface area is 93.6 Å². The topological polar surface area (TPSA) is 106 Å². The van der Waals surface area contributed by atoms with Crippen molar-refractivity contribution in [3.8, 4) is 0 Å². The van der Waals surface area contributed by atoms with Crippen LogP contribution in [0.25, 0.3) is 0 Å². The minimum absolute atomic E-state index is 0. The molecule has 0 aromatic heterocycles. The van der Waals surface area contributed by atoms with Gasteiger partial charge in [-0.2, -0.15) is 0 Å². The smallest absolute Gasteiger partial charge is 0.550 e. The number of hydrogen-bond donors (Lipinski definition) is 1. The molecule has 0 saturated carbocycles. The maximum atomic E-state index is 9.86. The first-order chi connectivity index (χ1) is 4.54. The van der Waals surface area contributed by atoms with Crippen LogP contribution in [-0.2, 0) is 9.59 Å². The van der Waals surface area contributed by atoms with Crippen LogP contribution >= 0.6 is 0 Å². The van der Waals surface area contributed by atoms with Crippen LogP contribution in [0, 0.1) is 0 Å². The van der Waals surface area contributed by atoms with Gasteiger partial charge in [0.15, 0.2) is 0 Å². The molecule has 58 valence electrons. The summed E-state index contributed by atoms with van der Waals surface area (Å²) >= 11 is 0. The molecule has 0 fully saturated rings. The maximum absolute atomic E-state index is 9.86. The molecule has 0 saturated heterocycles. The molecule has 0 amide bonds. The third-order valence-electron chi connectivity index (χ3n) is 0.962. The zero-order valence-corrected chi connectivity index (χ0v) is 8.12. The molecular weight excluding hydrogens is 178 g/mol. The van der Waals surface area contributed by atoms with Crippen LogP contribution in [0.5, 0.6) is 0 Å². The number of aliphatic carboxylic acids is 2. The molecule has 2 N–H and O–H groups in total. The van der Waals surface area contributed by atoms with Crippen molar-refractivity contribution in [1.82, 2.24) is 0 Å². The summed E-state index contributed by atoms with van der Waals surface area (Å²) in [6.45, 7) is 0. The van der Waals surface area contributed by atoms with E-state index < -0.39 is 18.0 Å². The molecule has 6 heteroatoms. The Hall–Kier alpha value is 0.160. The Morgan fingerprint density at radius 1 is 1.36 bits per heavy atom. The maximum Gasteiger partial charge on any atom is 2.00 e. The van der Waals surface area contributed by atoms with E-state index in [1.165, 1.54) is 0 Å². The summed E-state index contributed by atoms with van der Waals surface area (Å²) in [4.78, 5) is 19.6. The van der Waals surface area contributed by atoms with Gasteiger partial charge in [-0.1, -0.05) is 0 Å². The molecule has 11 heavy (non-hydrogen) atoms. The molecule has 0 aliphatic heterocycles. The summed E-state index contributed by atoms with van der Waals surface area (Å²) in [5.41, 5.74) is 4.91. The van der Waals surface area contributed by atoms with E-state index in [0.29, 0.717) is 0 Å². The van der Waals surface area contributed by atoms with Crippen molar-refractivity contribution in [3.63, 3.8) is 0 Å². The van der Waals surface area contributed by atoms with E-state index in [2.05, 4.69) is 0 Å². The van der Waals surface area contributed by atoms with Gasteiger partial charge in [-0.05, 0) is 12.8 Å². The molecule has 0 aliphatic carbocycles. The number of nitrogens with two attached hydrogens (primary N) is 1. The van der Waals surface area contributed by atoms with Gasteiger partial charge in [0.25, 0.3) is 0 Å². The number of carbonyl (C=O) groups is 2. The fourth-order valence-corrected chi connectivity index (χ4v) is 0.391. The van der Waals surface area contributed by atoms with E-state index in [1.54, 1.807) is 0 Å². The molecule has 0 bridgehead atoms. The van der Waals surface area contributed by atoms with E-state index in [4.69, 9.17) is 5.73 Å². The van der Waals surface area contributed by atoms with Crippen molar-refractivity contribution in [1.29, 1.82) is 0 Å². The van der Waals surface area contributed by atoms with Crippen molar-refractivity contribution >= 4 is 49.7 Å². The first kappa shape index (κ1) is 13.7. The van der Waals surface area contributed by atoms with E-state index in [9.17, 15) is 19.8 Å². The van der Waals surface area contributed by atoms with Crippen LogP contribution in [0.3, 0.4) is 0 Å². The Kier molecular flexibility index (Phi) is 8.54. The first-order valence-electron chi connectivity index (χ1n) is 2.70. The molecule has 0 aromatic rings. The van der Waals surface area contributed by atoms with Gasteiger partial charge in [0, 0.05) is 12.0 Å². The average Bonchev–Trinajstić information content (AvgIpc) is 1.82. The van der Waals surface area contributed by atoms with Gasteiger partial charge in [0.05, 0.1) is 5.97 Å². The normalized spacial score (nSPS) is 11.4. The van der Waals surface area contributed by atoms with Gasteiger partial charge in [-0.3, -0.25) is 0 Å². The zero-order chi connectivity index (χ0) is 8.15. The fourth-order valence-electron chi connectivity index (χ4n) is 0.391. The average molecular weight is 185 g/mol. The van der Waals surface area contributed by atoms with Gasteiger partial charge in [0.1, 0.15) is 0 Å². The fraction of sp³-hybridized carbons (Fsp3) is 0.600. The molecule has 0 aromatic carbocycles. The summed E-state index contributed by atoms with van der Waals surface area (Å²) in [7, 11) is 0. The van der Waals surface area contributed by atoms with Crippen molar-refractivity contribution in [2.45, 2.75) is 18.9 Å².